The Kier molecular flexibility index (Phi) is 4.48. The number of Topliss-reactive ketones (excluding diaryl/α,β-unsaturated/α-hetero) is 1. The van der Waals surface area contributed by atoms with Crippen LogP contribution >= 0.6 is 0 Å². The molecule has 0 amide bonds. The van der Waals surface area contributed by atoms with E-state index in [0.29, 0.717) is 12.7 Å². The normalized spacial score (nSPS) is 15.5. The van der Waals surface area contributed by atoms with E-state index < -0.39 is 18.0 Å². The number of carbonyl (C=O) groups is 1. The number of methoxy groups -OCH3 is 2. The van der Waals surface area contributed by atoms with Gasteiger partial charge in [-0.2, -0.15) is 13.2 Å². The second-order valence-electron chi connectivity index (χ2n) is 4.61. The SMILES string of the molecule is COC(CN1CCC(=O)c2ncc(C(F)(F)F)cc21)OC. The summed E-state index contributed by atoms with van der Waals surface area (Å²) in [4.78, 5) is 17.1. The van der Waals surface area contributed by atoms with E-state index in [4.69, 9.17) is 9.47 Å². The summed E-state index contributed by atoms with van der Waals surface area (Å²) in [5.74, 6) is -0.263. The number of carbonyl (C=O) groups excluding carboxylic acids is 1. The number of halogens is 3. The highest BCUT2D eigenvalue weighted by atomic mass is 19.4. The fraction of sp³-hybridized carbons (Fsp3) is 0.538. The van der Waals surface area contributed by atoms with Crippen molar-refractivity contribution in [1.82, 2.24) is 4.98 Å². The largest absolute Gasteiger partial charge is 0.417 e. The molecule has 0 aromatic carbocycles. The van der Waals surface area contributed by atoms with E-state index in [9.17, 15) is 18.0 Å². The predicted molar refractivity (Wildman–Crippen MR) is 68.2 cm³/mol. The molecule has 0 bridgehead atoms. The van der Waals surface area contributed by atoms with Crippen LogP contribution in [0, 0.1) is 0 Å². The zero-order valence-electron chi connectivity index (χ0n) is 11.6. The van der Waals surface area contributed by atoms with E-state index in [1.54, 1.807) is 4.90 Å². The lowest BCUT2D eigenvalue weighted by Crippen LogP contribution is -2.39. The first-order chi connectivity index (χ1) is 9.86. The number of hydrogen-bond donors (Lipinski definition) is 0. The molecular formula is C13H15F3N2O3. The number of aromatic nitrogens is 1. The lowest BCUT2D eigenvalue weighted by molar-refractivity contribution is -0.137. The molecule has 0 radical (unpaired) electrons. The minimum atomic E-state index is -4.50. The smallest absolute Gasteiger partial charge is 0.364 e. The average molecular weight is 304 g/mol. The van der Waals surface area contributed by atoms with Gasteiger partial charge in [0.2, 0.25) is 0 Å². The minimum absolute atomic E-state index is 0.0557. The van der Waals surface area contributed by atoms with E-state index in [-0.39, 0.29) is 30.1 Å². The molecule has 0 atom stereocenters. The van der Waals surface area contributed by atoms with Crippen LogP contribution in [0.25, 0.3) is 0 Å². The Bertz CT molecular complexity index is 530. The number of nitrogens with zero attached hydrogens (tertiary/aromatic N) is 2. The molecular weight excluding hydrogens is 289 g/mol. The molecule has 2 heterocycles. The summed E-state index contributed by atoms with van der Waals surface area (Å²) in [6.07, 6.45) is -4.22. The van der Waals surface area contributed by atoms with E-state index in [1.165, 1.54) is 14.2 Å². The first-order valence-electron chi connectivity index (χ1n) is 6.27. The van der Waals surface area contributed by atoms with Gasteiger partial charge in [-0.1, -0.05) is 0 Å². The van der Waals surface area contributed by atoms with Gasteiger partial charge in [-0.25, -0.2) is 0 Å². The van der Waals surface area contributed by atoms with Crippen molar-refractivity contribution in [3.05, 3.63) is 23.5 Å². The van der Waals surface area contributed by atoms with Crippen molar-refractivity contribution in [2.24, 2.45) is 0 Å². The van der Waals surface area contributed by atoms with E-state index in [1.807, 2.05) is 0 Å². The first kappa shape index (κ1) is 15.7. The van der Waals surface area contributed by atoms with Crippen LogP contribution in [0.2, 0.25) is 0 Å². The van der Waals surface area contributed by atoms with Crippen molar-refractivity contribution in [2.45, 2.75) is 18.9 Å². The second kappa shape index (κ2) is 5.98. The van der Waals surface area contributed by atoms with Gasteiger partial charge in [0.15, 0.2) is 12.1 Å². The third-order valence-electron chi connectivity index (χ3n) is 3.30. The average Bonchev–Trinajstić information content (AvgIpc) is 2.45. The van der Waals surface area contributed by atoms with Crippen LogP contribution in [-0.4, -0.2) is 44.4 Å². The van der Waals surface area contributed by atoms with E-state index in [0.717, 1.165) is 6.07 Å². The van der Waals surface area contributed by atoms with Crippen molar-refractivity contribution in [1.29, 1.82) is 0 Å². The molecule has 1 aliphatic rings. The standard InChI is InChI=1S/C13H15F3N2O3/c1-20-11(21-2)7-18-4-3-10(19)12-9(18)5-8(6-17-12)13(14,15)16/h5-6,11H,3-4,7H2,1-2H3. The number of ether oxygens (including phenoxy) is 2. The fourth-order valence-electron chi connectivity index (χ4n) is 2.15. The Hall–Kier alpha value is -1.67. The quantitative estimate of drug-likeness (QED) is 0.798. The van der Waals surface area contributed by atoms with E-state index in [2.05, 4.69) is 4.98 Å². The first-order valence-corrected chi connectivity index (χ1v) is 6.27. The summed E-state index contributed by atoms with van der Waals surface area (Å²) < 4.78 is 48.5. The summed E-state index contributed by atoms with van der Waals surface area (Å²) in [6.45, 7) is 0.522. The summed E-state index contributed by atoms with van der Waals surface area (Å²) in [5.41, 5.74) is -0.660. The maximum atomic E-state index is 12.8. The Morgan fingerprint density at radius 2 is 2.05 bits per heavy atom. The van der Waals surface area contributed by atoms with Gasteiger partial charge in [0, 0.05) is 33.4 Å². The lowest BCUT2D eigenvalue weighted by atomic mass is 10.0. The molecule has 0 N–H and O–H groups in total. The third kappa shape index (κ3) is 3.33. The highest BCUT2D eigenvalue weighted by Crippen LogP contribution is 2.34. The van der Waals surface area contributed by atoms with Crippen LogP contribution in [0.3, 0.4) is 0 Å². The van der Waals surface area contributed by atoms with Crippen molar-refractivity contribution in [3.8, 4) is 0 Å². The summed E-state index contributed by atoms with van der Waals surface area (Å²) in [5, 5.41) is 0. The molecule has 0 spiro atoms. The van der Waals surface area contributed by atoms with Crippen molar-refractivity contribution < 1.29 is 27.4 Å². The van der Waals surface area contributed by atoms with Crippen LogP contribution in [0.4, 0.5) is 18.9 Å². The summed E-state index contributed by atoms with van der Waals surface area (Å²) in [6, 6.07) is 0.946. The van der Waals surface area contributed by atoms with Crippen LogP contribution in [0.1, 0.15) is 22.5 Å². The van der Waals surface area contributed by atoms with Gasteiger partial charge in [0.1, 0.15) is 5.69 Å². The van der Waals surface area contributed by atoms with Gasteiger partial charge in [0.05, 0.1) is 17.8 Å². The van der Waals surface area contributed by atoms with Gasteiger partial charge >= 0.3 is 6.18 Å². The van der Waals surface area contributed by atoms with Crippen molar-refractivity contribution in [3.63, 3.8) is 0 Å². The van der Waals surface area contributed by atoms with Crippen LogP contribution in [0.5, 0.6) is 0 Å². The van der Waals surface area contributed by atoms with Gasteiger partial charge in [-0.05, 0) is 6.07 Å². The zero-order chi connectivity index (χ0) is 15.6. The Morgan fingerprint density at radius 1 is 1.38 bits per heavy atom. The number of anilines is 1. The monoisotopic (exact) mass is 304 g/mol. The van der Waals surface area contributed by atoms with Gasteiger partial charge in [0.25, 0.3) is 0 Å². The number of hydrogen-bond acceptors (Lipinski definition) is 5. The molecule has 1 aromatic heterocycles. The highest BCUT2D eigenvalue weighted by molar-refractivity contribution is 6.01. The topological polar surface area (TPSA) is 51.7 Å². The molecule has 1 aromatic rings. The zero-order valence-corrected chi connectivity index (χ0v) is 11.6. The summed E-state index contributed by atoms with van der Waals surface area (Å²) >= 11 is 0. The number of fused-ring (bicyclic) bond motifs is 1. The fourth-order valence-corrected chi connectivity index (χ4v) is 2.15. The lowest BCUT2D eigenvalue weighted by Gasteiger charge is -2.32. The number of rotatable bonds is 4. The molecule has 0 saturated carbocycles. The minimum Gasteiger partial charge on any atom is -0.364 e. The number of pyridine rings is 1. The van der Waals surface area contributed by atoms with Crippen LogP contribution in [0.15, 0.2) is 12.3 Å². The van der Waals surface area contributed by atoms with Crippen molar-refractivity contribution in [2.75, 3.05) is 32.2 Å². The number of ketones is 1. The predicted octanol–water partition coefficient (Wildman–Crippen LogP) is 2.11. The molecule has 1 aliphatic heterocycles. The van der Waals surface area contributed by atoms with E-state index >= 15 is 0 Å². The molecule has 0 fully saturated rings. The highest BCUT2D eigenvalue weighted by Gasteiger charge is 2.34. The Morgan fingerprint density at radius 3 is 2.62 bits per heavy atom. The molecule has 5 nitrogen and oxygen atoms in total. The molecule has 0 aliphatic carbocycles. The molecule has 21 heavy (non-hydrogen) atoms. The molecule has 8 heteroatoms. The molecule has 0 saturated heterocycles. The summed E-state index contributed by atoms with van der Waals surface area (Å²) in [7, 11) is 2.88. The number of alkyl halides is 3. The molecule has 0 unspecified atom stereocenters. The van der Waals surface area contributed by atoms with Crippen LogP contribution < -0.4 is 4.90 Å². The third-order valence-corrected chi connectivity index (χ3v) is 3.30. The maximum absolute atomic E-state index is 12.8. The Labute approximate surface area is 119 Å². The molecule has 2 rings (SSSR count). The van der Waals surface area contributed by atoms with Gasteiger partial charge in [-0.15, -0.1) is 0 Å². The Balaban J connectivity index is 2.37. The second-order valence-corrected chi connectivity index (χ2v) is 4.61. The maximum Gasteiger partial charge on any atom is 0.417 e. The molecule has 116 valence electrons. The van der Waals surface area contributed by atoms with Gasteiger partial charge in [-0.3, -0.25) is 9.78 Å². The van der Waals surface area contributed by atoms with Gasteiger partial charge < -0.3 is 14.4 Å². The van der Waals surface area contributed by atoms with Crippen molar-refractivity contribution >= 4 is 11.5 Å². The van der Waals surface area contributed by atoms with Crippen LogP contribution in [-0.2, 0) is 15.7 Å².